The molecular weight excluding hydrogens is 367 g/mol. The summed E-state index contributed by atoms with van der Waals surface area (Å²) in [6, 6.07) is 12.2. The zero-order valence-corrected chi connectivity index (χ0v) is 17.6. The summed E-state index contributed by atoms with van der Waals surface area (Å²) in [6.45, 7) is 7.99. The molecule has 0 saturated carbocycles. The Morgan fingerprint density at radius 1 is 1.07 bits per heavy atom. The molecule has 0 atom stereocenters. The summed E-state index contributed by atoms with van der Waals surface area (Å²) in [5.74, 6) is 0.129. The van der Waals surface area contributed by atoms with Crippen LogP contribution in [0.2, 0.25) is 0 Å². The lowest BCUT2D eigenvalue weighted by molar-refractivity contribution is 0.0773. The van der Waals surface area contributed by atoms with Crippen molar-refractivity contribution in [1.82, 2.24) is 4.90 Å². The van der Waals surface area contributed by atoms with Gasteiger partial charge in [0.1, 0.15) is 18.2 Å². The average Bonchev–Trinajstić information content (AvgIpc) is 2.74. The molecule has 0 radical (unpaired) electrons. The first-order valence-corrected chi connectivity index (χ1v) is 10.3. The van der Waals surface area contributed by atoms with Gasteiger partial charge in [0.25, 0.3) is 5.91 Å². The van der Waals surface area contributed by atoms with Gasteiger partial charge in [0, 0.05) is 25.2 Å². The lowest BCUT2D eigenvalue weighted by Crippen LogP contribution is -2.30. The van der Waals surface area contributed by atoms with Crippen LogP contribution in [-0.4, -0.2) is 37.0 Å². The van der Waals surface area contributed by atoms with Crippen LogP contribution in [0.4, 0.5) is 4.39 Å². The summed E-state index contributed by atoms with van der Waals surface area (Å²) in [5.41, 5.74) is 8.22. The van der Waals surface area contributed by atoms with Gasteiger partial charge in [-0.2, -0.15) is 0 Å². The van der Waals surface area contributed by atoms with Crippen molar-refractivity contribution in [2.45, 2.75) is 33.6 Å². The third-order valence-corrected chi connectivity index (χ3v) is 4.75. The second-order valence-corrected chi connectivity index (χ2v) is 6.71. The predicted molar refractivity (Wildman–Crippen MR) is 117 cm³/mol. The maximum Gasteiger partial charge on any atom is 0.253 e. The molecule has 0 fully saturated rings. The van der Waals surface area contributed by atoms with Crippen LogP contribution in [0.25, 0.3) is 5.57 Å². The number of halogens is 1. The maximum atomic E-state index is 14.8. The summed E-state index contributed by atoms with van der Waals surface area (Å²) >= 11 is 0. The number of nitrogens with two attached hydrogens (primary N) is 1. The summed E-state index contributed by atoms with van der Waals surface area (Å²) in [7, 11) is 0. The van der Waals surface area contributed by atoms with E-state index in [0.29, 0.717) is 43.1 Å². The highest BCUT2D eigenvalue weighted by molar-refractivity contribution is 5.95. The van der Waals surface area contributed by atoms with E-state index in [-0.39, 0.29) is 11.7 Å². The average molecular weight is 399 g/mol. The molecule has 156 valence electrons. The Labute approximate surface area is 173 Å². The molecule has 0 aliphatic rings. The van der Waals surface area contributed by atoms with Gasteiger partial charge in [0.2, 0.25) is 0 Å². The lowest BCUT2D eigenvalue weighted by Gasteiger charge is -2.19. The Morgan fingerprint density at radius 2 is 1.72 bits per heavy atom. The minimum absolute atomic E-state index is 0.00139. The maximum absolute atomic E-state index is 14.8. The zero-order chi connectivity index (χ0) is 21.2. The minimum atomic E-state index is -0.342. The van der Waals surface area contributed by atoms with Crippen molar-refractivity contribution in [3.8, 4) is 5.75 Å². The first-order chi connectivity index (χ1) is 14.1. The topological polar surface area (TPSA) is 55.6 Å². The molecule has 0 bridgehead atoms. The second kappa shape index (κ2) is 11.4. The summed E-state index contributed by atoms with van der Waals surface area (Å²) < 4.78 is 20.5. The standard InChI is InChI=1S/C24H31FN2O2/c1-4-7-9-20(23-21(25)10-8-11-22(23)29-17-16-26)18-12-14-19(15-13-18)24(28)27(5-2)6-3/h8-15H,4-7,16-17,26H2,1-3H3/b20-9-. The van der Waals surface area contributed by atoms with E-state index >= 15 is 0 Å². The fourth-order valence-electron chi connectivity index (χ4n) is 3.19. The van der Waals surface area contributed by atoms with Gasteiger partial charge in [-0.1, -0.05) is 37.6 Å². The van der Waals surface area contributed by atoms with E-state index in [1.807, 2.05) is 32.1 Å². The molecule has 0 aliphatic carbocycles. The van der Waals surface area contributed by atoms with Gasteiger partial charge in [-0.3, -0.25) is 4.79 Å². The number of carbonyl (C=O) groups excluding carboxylic acids is 1. The van der Waals surface area contributed by atoms with Gasteiger partial charge in [0.15, 0.2) is 0 Å². The van der Waals surface area contributed by atoms with Crippen LogP contribution in [0.3, 0.4) is 0 Å². The van der Waals surface area contributed by atoms with Crippen molar-refractivity contribution in [2.24, 2.45) is 5.73 Å². The highest BCUT2D eigenvalue weighted by Gasteiger charge is 2.18. The van der Waals surface area contributed by atoms with Gasteiger partial charge >= 0.3 is 0 Å². The highest BCUT2D eigenvalue weighted by Crippen LogP contribution is 2.34. The molecular formula is C24H31FN2O2. The summed E-state index contributed by atoms with van der Waals surface area (Å²) in [5, 5.41) is 0. The first-order valence-electron chi connectivity index (χ1n) is 10.3. The van der Waals surface area contributed by atoms with Crippen LogP contribution < -0.4 is 10.5 Å². The molecule has 0 unspecified atom stereocenters. The van der Waals surface area contributed by atoms with E-state index in [4.69, 9.17) is 10.5 Å². The molecule has 0 aliphatic heterocycles. The molecule has 2 N–H and O–H groups in total. The Morgan fingerprint density at radius 3 is 2.31 bits per heavy atom. The molecule has 1 amide bonds. The Balaban J connectivity index is 2.46. The van der Waals surface area contributed by atoms with E-state index in [2.05, 4.69) is 6.92 Å². The van der Waals surface area contributed by atoms with Gasteiger partial charge in [0.05, 0.1) is 5.56 Å². The van der Waals surface area contributed by atoms with Crippen molar-refractivity contribution >= 4 is 11.5 Å². The van der Waals surface area contributed by atoms with E-state index < -0.39 is 0 Å². The number of hydrogen-bond acceptors (Lipinski definition) is 3. The van der Waals surface area contributed by atoms with E-state index in [9.17, 15) is 9.18 Å². The molecule has 0 saturated heterocycles. The van der Waals surface area contributed by atoms with Gasteiger partial charge in [-0.25, -0.2) is 4.39 Å². The smallest absolute Gasteiger partial charge is 0.253 e. The number of nitrogens with zero attached hydrogens (tertiary/aromatic N) is 1. The number of unbranched alkanes of at least 4 members (excludes halogenated alkanes) is 1. The van der Waals surface area contributed by atoms with Crippen molar-refractivity contribution in [2.75, 3.05) is 26.2 Å². The molecule has 2 aromatic carbocycles. The Kier molecular flexibility index (Phi) is 8.87. The number of allylic oxidation sites excluding steroid dienone is 1. The van der Waals surface area contributed by atoms with Crippen molar-refractivity contribution in [1.29, 1.82) is 0 Å². The van der Waals surface area contributed by atoms with Crippen LogP contribution in [0, 0.1) is 5.82 Å². The fraction of sp³-hybridized carbons (Fsp3) is 0.375. The normalized spacial score (nSPS) is 11.4. The van der Waals surface area contributed by atoms with Gasteiger partial charge < -0.3 is 15.4 Å². The number of hydrogen-bond donors (Lipinski definition) is 1. The van der Waals surface area contributed by atoms with Crippen LogP contribution in [0.5, 0.6) is 5.75 Å². The van der Waals surface area contributed by atoms with Gasteiger partial charge in [-0.15, -0.1) is 0 Å². The summed E-state index contributed by atoms with van der Waals surface area (Å²) in [6.07, 6.45) is 3.77. The third kappa shape index (κ3) is 5.67. The molecule has 29 heavy (non-hydrogen) atoms. The molecule has 2 rings (SSSR count). The number of amides is 1. The van der Waals surface area contributed by atoms with Gasteiger partial charge in [-0.05, 0) is 55.7 Å². The molecule has 4 nitrogen and oxygen atoms in total. The highest BCUT2D eigenvalue weighted by atomic mass is 19.1. The quantitative estimate of drug-likeness (QED) is 0.621. The molecule has 0 aromatic heterocycles. The molecule has 0 heterocycles. The van der Waals surface area contributed by atoms with Crippen molar-refractivity contribution in [3.05, 3.63) is 71.0 Å². The Bertz CT molecular complexity index is 827. The number of ether oxygens (including phenoxy) is 1. The largest absolute Gasteiger partial charge is 0.492 e. The van der Waals surface area contributed by atoms with E-state index in [1.165, 1.54) is 6.07 Å². The molecule has 2 aromatic rings. The Hall–Kier alpha value is -2.66. The monoisotopic (exact) mass is 398 g/mol. The van der Waals surface area contributed by atoms with Crippen LogP contribution in [-0.2, 0) is 0 Å². The van der Waals surface area contributed by atoms with E-state index in [1.54, 1.807) is 29.2 Å². The number of carbonyl (C=O) groups is 1. The third-order valence-electron chi connectivity index (χ3n) is 4.75. The van der Waals surface area contributed by atoms with Crippen molar-refractivity contribution < 1.29 is 13.9 Å². The zero-order valence-electron chi connectivity index (χ0n) is 17.6. The van der Waals surface area contributed by atoms with E-state index in [0.717, 1.165) is 24.0 Å². The predicted octanol–water partition coefficient (Wildman–Crippen LogP) is 4.88. The fourth-order valence-corrected chi connectivity index (χ4v) is 3.19. The molecule has 0 spiro atoms. The number of benzene rings is 2. The minimum Gasteiger partial charge on any atom is -0.492 e. The second-order valence-electron chi connectivity index (χ2n) is 6.71. The lowest BCUT2D eigenvalue weighted by atomic mass is 9.94. The van der Waals surface area contributed by atoms with Crippen molar-refractivity contribution in [3.63, 3.8) is 0 Å². The SMILES string of the molecule is CCC/C=C(/c1ccc(C(=O)N(CC)CC)cc1)c1c(F)cccc1OCCN. The van der Waals surface area contributed by atoms with Crippen LogP contribution >= 0.6 is 0 Å². The summed E-state index contributed by atoms with van der Waals surface area (Å²) in [4.78, 5) is 14.4. The first kappa shape index (κ1) is 22.6. The number of rotatable bonds is 10. The van der Waals surface area contributed by atoms with Crippen LogP contribution in [0.1, 0.15) is 55.1 Å². The van der Waals surface area contributed by atoms with Crippen LogP contribution in [0.15, 0.2) is 48.5 Å². The molecule has 5 heteroatoms.